The van der Waals surface area contributed by atoms with E-state index in [-0.39, 0.29) is 13.2 Å². The van der Waals surface area contributed by atoms with Gasteiger partial charge in [0.25, 0.3) is 0 Å². The Morgan fingerprint density at radius 1 is 1.00 bits per heavy atom. The normalized spacial score (nSPS) is 9.21. The lowest BCUT2D eigenvalue weighted by molar-refractivity contribution is -0.155. The van der Waals surface area contributed by atoms with Gasteiger partial charge in [-0.05, 0) is 5.56 Å². The Morgan fingerprint density at radius 2 is 1.47 bits per heavy atom. The molecule has 19 heavy (non-hydrogen) atoms. The molecule has 4 nitrogen and oxygen atoms in total. The lowest BCUT2D eigenvalue weighted by atomic mass is 9.99. The van der Waals surface area contributed by atoms with E-state index in [1.165, 1.54) is 0 Å². The second kappa shape index (κ2) is 7.58. The minimum atomic E-state index is -1.18. The quantitative estimate of drug-likeness (QED) is 0.450. The summed E-state index contributed by atoms with van der Waals surface area (Å²) < 4.78 is 9.56. The highest BCUT2D eigenvalue weighted by atomic mass is 16.6. The molecule has 0 aliphatic carbocycles. The maximum absolute atomic E-state index is 11.8. The van der Waals surface area contributed by atoms with E-state index in [0.29, 0.717) is 5.56 Å². The molecule has 0 N–H and O–H groups in total. The van der Waals surface area contributed by atoms with Gasteiger partial charge in [-0.3, -0.25) is 9.59 Å². The highest BCUT2D eigenvalue weighted by molar-refractivity contribution is 6.00. The Kier molecular flexibility index (Phi) is 5.72. The van der Waals surface area contributed by atoms with Crippen LogP contribution in [0.3, 0.4) is 0 Å². The van der Waals surface area contributed by atoms with E-state index in [1.807, 2.05) is 0 Å². The van der Waals surface area contributed by atoms with Gasteiger partial charge in [-0.2, -0.15) is 0 Å². The molecule has 0 aliphatic rings. The average molecular weight is 256 g/mol. The molecule has 1 rings (SSSR count). The van der Waals surface area contributed by atoms with Gasteiger partial charge in [-0.15, -0.1) is 12.8 Å². The molecule has 0 fully saturated rings. The molecule has 0 aromatic heterocycles. The number of hydrogen-bond donors (Lipinski definition) is 0. The molecule has 1 aromatic carbocycles. The largest absolute Gasteiger partial charge is 0.452 e. The second-order valence-corrected chi connectivity index (χ2v) is 3.47. The lowest BCUT2D eigenvalue weighted by Crippen LogP contribution is -2.26. The summed E-state index contributed by atoms with van der Waals surface area (Å²) in [6.07, 6.45) is 10.0. The molecule has 1 aromatic rings. The smallest absolute Gasteiger partial charge is 0.325 e. The average Bonchev–Trinajstić information content (AvgIpc) is 2.44. The van der Waals surface area contributed by atoms with Crippen LogP contribution in [0.5, 0.6) is 0 Å². The Labute approximate surface area is 111 Å². The second-order valence-electron chi connectivity index (χ2n) is 3.47. The fraction of sp³-hybridized carbons (Fsp3) is 0.200. The zero-order valence-electron chi connectivity index (χ0n) is 10.2. The Balaban J connectivity index is 2.92. The van der Waals surface area contributed by atoms with E-state index in [0.717, 1.165) is 0 Å². The molecule has 0 saturated carbocycles. The number of rotatable bonds is 5. The summed E-state index contributed by atoms with van der Waals surface area (Å²) in [5.74, 6) is 1.62. The van der Waals surface area contributed by atoms with E-state index in [2.05, 4.69) is 11.8 Å². The molecule has 0 heterocycles. The molecule has 0 saturated heterocycles. The van der Waals surface area contributed by atoms with Crippen LogP contribution in [0, 0.1) is 24.7 Å². The van der Waals surface area contributed by atoms with E-state index in [9.17, 15) is 9.59 Å². The van der Waals surface area contributed by atoms with E-state index in [1.54, 1.807) is 30.3 Å². The highest BCUT2D eigenvalue weighted by Gasteiger charge is 2.31. The van der Waals surface area contributed by atoms with Crippen LogP contribution in [0.25, 0.3) is 0 Å². The molecule has 0 atom stereocenters. The number of benzene rings is 1. The molecule has 0 radical (unpaired) electrons. The van der Waals surface area contributed by atoms with Crippen LogP contribution in [0.2, 0.25) is 0 Å². The minimum absolute atomic E-state index is 0.204. The van der Waals surface area contributed by atoms with Crippen LogP contribution < -0.4 is 0 Å². The molecule has 0 spiro atoms. The zero-order chi connectivity index (χ0) is 14.1. The predicted molar refractivity (Wildman–Crippen MR) is 68.8 cm³/mol. The SMILES string of the molecule is C#CCOC(=O)C(C(=O)OCC#C)c1ccccc1. The first-order chi connectivity index (χ1) is 9.20. The third-order valence-corrected chi connectivity index (χ3v) is 2.20. The van der Waals surface area contributed by atoms with Crippen molar-refractivity contribution in [2.45, 2.75) is 5.92 Å². The maximum Gasteiger partial charge on any atom is 0.325 e. The summed E-state index contributed by atoms with van der Waals surface area (Å²) in [7, 11) is 0. The van der Waals surface area contributed by atoms with Crippen molar-refractivity contribution in [1.82, 2.24) is 0 Å². The molecule has 96 valence electrons. The van der Waals surface area contributed by atoms with Gasteiger partial charge in [0.05, 0.1) is 0 Å². The van der Waals surface area contributed by atoms with Crippen LogP contribution >= 0.6 is 0 Å². The van der Waals surface area contributed by atoms with Crippen molar-refractivity contribution in [2.24, 2.45) is 0 Å². The standard InChI is InChI=1S/C15H12O4/c1-3-10-18-14(16)13(15(17)19-11-4-2)12-8-6-5-7-9-12/h1-2,5-9,13H,10-11H2. The van der Waals surface area contributed by atoms with Gasteiger partial charge in [0.15, 0.2) is 19.1 Å². The Hall–Kier alpha value is -2.72. The first-order valence-corrected chi connectivity index (χ1v) is 5.46. The topological polar surface area (TPSA) is 52.6 Å². The van der Waals surface area contributed by atoms with Gasteiger partial charge >= 0.3 is 11.9 Å². The fourth-order valence-electron chi connectivity index (χ4n) is 1.41. The van der Waals surface area contributed by atoms with Crippen LogP contribution in [0.4, 0.5) is 0 Å². The van der Waals surface area contributed by atoms with Gasteiger partial charge in [0.2, 0.25) is 0 Å². The summed E-state index contributed by atoms with van der Waals surface area (Å²) >= 11 is 0. The van der Waals surface area contributed by atoms with E-state index >= 15 is 0 Å². The molecular formula is C15H12O4. The number of carbonyl (C=O) groups is 2. The van der Waals surface area contributed by atoms with Gasteiger partial charge in [0, 0.05) is 0 Å². The number of esters is 2. The summed E-state index contributed by atoms with van der Waals surface area (Å²) in [4.78, 5) is 23.7. The molecule has 0 amide bonds. The van der Waals surface area contributed by atoms with Crippen LogP contribution in [0.1, 0.15) is 11.5 Å². The van der Waals surface area contributed by atoms with Gasteiger partial charge in [-0.1, -0.05) is 42.2 Å². The van der Waals surface area contributed by atoms with Crippen LogP contribution in [0.15, 0.2) is 30.3 Å². The molecular weight excluding hydrogens is 244 g/mol. The van der Waals surface area contributed by atoms with Crippen molar-refractivity contribution in [2.75, 3.05) is 13.2 Å². The van der Waals surface area contributed by atoms with Crippen LogP contribution in [-0.4, -0.2) is 25.2 Å². The Bertz CT molecular complexity index is 489. The van der Waals surface area contributed by atoms with E-state index in [4.69, 9.17) is 22.3 Å². The van der Waals surface area contributed by atoms with Crippen molar-refractivity contribution < 1.29 is 19.1 Å². The monoisotopic (exact) mass is 256 g/mol. The Morgan fingerprint density at radius 3 is 1.89 bits per heavy atom. The number of carbonyl (C=O) groups excluding carboxylic acids is 2. The summed E-state index contributed by atoms with van der Waals surface area (Å²) in [6, 6.07) is 8.41. The first-order valence-electron chi connectivity index (χ1n) is 5.46. The third kappa shape index (κ3) is 4.22. The van der Waals surface area contributed by atoms with Crippen molar-refractivity contribution in [3.8, 4) is 24.7 Å². The van der Waals surface area contributed by atoms with Crippen molar-refractivity contribution in [1.29, 1.82) is 0 Å². The van der Waals surface area contributed by atoms with E-state index < -0.39 is 17.9 Å². The van der Waals surface area contributed by atoms with Crippen LogP contribution in [-0.2, 0) is 19.1 Å². The number of terminal acetylenes is 2. The molecule has 0 bridgehead atoms. The highest BCUT2D eigenvalue weighted by Crippen LogP contribution is 2.19. The van der Waals surface area contributed by atoms with Gasteiger partial charge in [-0.25, -0.2) is 0 Å². The van der Waals surface area contributed by atoms with Gasteiger partial charge in [0.1, 0.15) is 0 Å². The molecule has 4 heteroatoms. The molecule has 0 aliphatic heterocycles. The maximum atomic E-state index is 11.8. The number of ether oxygens (including phenoxy) is 2. The number of hydrogen-bond acceptors (Lipinski definition) is 4. The van der Waals surface area contributed by atoms with Crippen molar-refractivity contribution in [3.05, 3.63) is 35.9 Å². The lowest BCUT2D eigenvalue weighted by Gasteiger charge is -2.13. The minimum Gasteiger partial charge on any atom is -0.452 e. The summed E-state index contributed by atoms with van der Waals surface area (Å²) in [5, 5.41) is 0. The van der Waals surface area contributed by atoms with Crippen molar-refractivity contribution >= 4 is 11.9 Å². The molecule has 0 unspecified atom stereocenters. The summed E-state index contributed by atoms with van der Waals surface area (Å²) in [5.41, 5.74) is 0.464. The fourth-order valence-corrected chi connectivity index (χ4v) is 1.41. The summed E-state index contributed by atoms with van der Waals surface area (Å²) in [6.45, 7) is -0.408. The van der Waals surface area contributed by atoms with Crippen molar-refractivity contribution in [3.63, 3.8) is 0 Å². The zero-order valence-corrected chi connectivity index (χ0v) is 10.2. The third-order valence-electron chi connectivity index (χ3n) is 2.20. The first kappa shape index (κ1) is 14.3. The van der Waals surface area contributed by atoms with Gasteiger partial charge < -0.3 is 9.47 Å². The predicted octanol–water partition coefficient (Wildman–Crippen LogP) is 1.12.